The maximum absolute atomic E-state index is 13.6. The number of nitrogens with one attached hydrogen (secondary N) is 2. The summed E-state index contributed by atoms with van der Waals surface area (Å²) in [5.41, 5.74) is -0.349. The van der Waals surface area contributed by atoms with Crippen LogP contribution in [0.15, 0.2) is 39.8 Å². The normalized spacial score (nSPS) is 11.2. The molecule has 0 spiro atoms. The zero-order valence-electron chi connectivity index (χ0n) is 10.7. The fourth-order valence-electron chi connectivity index (χ4n) is 1.59. The number of benzene rings is 1. The molecule has 0 unspecified atom stereocenters. The molecule has 1 heterocycles. The van der Waals surface area contributed by atoms with Gasteiger partial charge in [-0.1, -0.05) is 0 Å². The van der Waals surface area contributed by atoms with Gasteiger partial charge in [-0.15, -0.1) is 0 Å². The summed E-state index contributed by atoms with van der Waals surface area (Å²) in [7, 11) is -2.57. The lowest BCUT2D eigenvalue weighted by molar-refractivity contribution is 0.582. The molecule has 0 aliphatic heterocycles. The van der Waals surface area contributed by atoms with E-state index in [-0.39, 0.29) is 16.4 Å². The van der Waals surface area contributed by atoms with Crippen LogP contribution in [-0.4, -0.2) is 20.4 Å². The Balaban J connectivity index is 2.45. The molecule has 1 aromatic carbocycles. The van der Waals surface area contributed by atoms with Crippen LogP contribution in [0.2, 0.25) is 0 Å². The van der Waals surface area contributed by atoms with E-state index in [1.54, 1.807) is 0 Å². The van der Waals surface area contributed by atoms with Gasteiger partial charge in [0.2, 0.25) is 0 Å². The molecule has 21 heavy (non-hydrogen) atoms. The Labute approximate surface area is 128 Å². The fourth-order valence-corrected chi connectivity index (χ4v) is 3.32. The van der Waals surface area contributed by atoms with Gasteiger partial charge >= 0.3 is 0 Å². The predicted octanol–water partition coefficient (Wildman–Crippen LogP) is 2.96. The third-order valence-electron chi connectivity index (χ3n) is 2.52. The SMILES string of the molecule is CNc1ncc(Br)cc1S(=O)(=O)Nc1ccc(F)cc1F. The Bertz CT molecular complexity index is 784. The van der Waals surface area contributed by atoms with Crippen LogP contribution >= 0.6 is 15.9 Å². The number of nitrogens with zero attached hydrogens (tertiary/aromatic N) is 1. The molecule has 0 aliphatic rings. The van der Waals surface area contributed by atoms with Gasteiger partial charge in [0.1, 0.15) is 22.3 Å². The van der Waals surface area contributed by atoms with Crippen molar-refractivity contribution in [3.8, 4) is 0 Å². The maximum Gasteiger partial charge on any atom is 0.265 e. The van der Waals surface area contributed by atoms with Crippen molar-refractivity contribution in [2.75, 3.05) is 17.1 Å². The van der Waals surface area contributed by atoms with Crippen molar-refractivity contribution in [1.29, 1.82) is 0 Å². The first-order valence-corrected chi connectivity index (χ1v) is 7.92. The average molecular weight is 378 g/mol. The highest BCUT2D eigenvalue weighted by Crippen LogP contribution is 2.26. The van der Waals surface area contributed by atoms with Gasteiger partial charge in [0.05, 0.1) is 5.69 Å². The number of sulfonamides is 1. The van der Waals surface area contributed by atoms with Crippen LogP contribution in [0.3, 0.4) is 0 Å². The Hall–Kier alpha value is -1.74. The molecular formula is C12H10BrF2N3O2S. The number of halogens is 3. The van der Waals surface area contributed by atoms with Crippen molar-refractivity contribution in [1.82, 2.24) is 4.98 Å². The van der Waals surface area contributed by atoms with E-state index in [1.165, 1.54) is 19.3 Å². The second kappa shape index (κ2) is 5.94. The molecule has 112 valence electrons. The molecule has 0 saturated carbocycles. The van der Waals surface area contributed by atoms with Crippen LogP contribution in [0.1, 0.15) is 0 Å². The van der Waals surface area contributed by atoms with Gasteiger partial charge in [0, 0.05) is 23.8 Å². The van der Waals surface area contributed by atoms with E-state index < -0.39 is 21.7 Å². The van der Waals surface area contributed by atoms with Gasteiger partial charge in [-0.3, -0.25) is 4.72 Å². The summed E-state index contributed by atoms with van der Waals surface area (Å²) in [5, 5.41) is 2.63. The lowest BCUT2D eigenvalue weighted by Crippen LogP contribution is -2.16. The molecule has 2 N–H and O–H groups in total. The molecule has 0 bridgehead atoms. The third-order valence-corrected chi connectivity index (χ3v) is 4.33. The van der Waals surface area contributed by atoms with Crippen LogP contribution < -0.4 is 10.0 Å². The molecule has 0 fully saturated rings. The molecule has 0 aliphatic carbocycles. The third kappa shape index (κ3) is 3.48. The molecule has 1 aromatic heterocycles. The highest BCUT2D eigenvalue weighted by atomic mass is 79.9. The smallest absolute Gasteiger partial charge is 0.265 e. The Kier molecular flexibility index (Phi) is 4.43. The minimum atomic E-state index is -4.08. The second-order valence-electron chi connectivity index (χ2n) is 3.98. The van der Waals surface area contributed by atoms with E-state index in [9.17, 15) is 17.2 Å². The zero-order valence-corrected chi connectivity index (χ0v) is 13.1. The summed E-state index contributed by atoms with van der Waals surface area (Å²) in [4.78, 5) is 3.75. The number of aromatic nitrogens is 1. The maximum atomic E-state index is 13.6. The minimum absolute atomic E-state index is 0.105. The summed E-state index contributed by atoms with van der Waals surface area (Å²) >= 11 is 3.12. The van der Waals surface area contributed by atoms with E-state index >= 15 is 0 Å². The summed E-state index contributed by atoms with van der Waals surface area (Å²) in [6.07, 6.45) is 1.42. The number of pyridine rings is 1. The van der Waals surface area contributed by atoms with Crippen LogP contribution in [0.5, 0.6) is 0 Å². The van der Waals surface area contributed by atoms with Gasteiger partial charge in [-0.2, -0.15) is 0 Å². The van der Waals surface area contributed by atoms with E-state index in [0.717, 1.165) is 12.1 Å². The van der Waals surface area contributed by atoms with Crippen molar-refractivity contribution in [3.05, 3.63) is 46.6 Å². The lowest BCUT2D eigenvalue weighted by atomic mass is 10.3. The van der Waals surface area contributed by atoms with Gasteiger partial charge in [0.25, 0.3) is 10.0 Å². The fraction of sp³-hybridized carbons (Fsp3) is 0.0833. The van der Waals surface area contributed by atoms with Crippen molar-refractivity contribution in [2.24, 2.45) is 0 Å². The molecule has 5 nitrogen and oxygen atoms in total. The monoisotopic (exact) mass is 377 g/mol. The summed E-state index contributed by atoms with van der Waals surface area (Å²) < 4.78 is 53.5. The van der Waals surface area contributed by atoms with E-state index in [0.29, 0.717) is 10.5 Å². The van der Waals surface area contributed by atoms with Crippen molar-refractivity contribution in [3.63, 3.8) is 0 Å². The number of rotatable bonds is 4. The van der Waals surface area contributed by atoms with Crippen molar-refractivity contribution < 1.29 is 17.2 Å². The Morgan fingerprint density at radius 3 is 2.57 bits per heavy atom. The Morgan fingerprint density at radius 2 is 1.95 bits per heavy atom. The predicted molar refractivity (Wildman–Crippen MR) is 78.7 cm³/mol. The topological polar surface area (TPSA) is 71.1 Å². The van der Waals surface area contributed by atoms with Gasteiger partial charge in [-0.25, -0.2) is 22.2 Å². The van der Waals surface area contributed by atoms with E-state index in [1.807, 2.05) is 0 Å². The van der Waals surface area contributed by atoms with E-state index in [4.69, 9.17) is 0 Å². The van der Waals surface area contributed by atoms with Gasteiger partial charge in [0.15, 0.2) is 0 Å². The first-order valence-electron chi connectivity index (χ1n) is 5.64. The highest BCUT2D eigenvalue weighted by Gasteiger charge is 2.21. The molecule has 0 atom stereocenters. The largest absolute Gasteiger partial charge is 0.372 e. The number of hydrogen-bond acceptors (Lipinski definition) is 4. The van der Waals surface area contributed by atoms with Crippen LogP contribution in [0.4, 0.5) is 20.3 Å². The van der Waals surface area contributed by atoms with E-state index in [2.05, 4.69) is 31.0 Å². The van der Waals surface area contributed by atoms with Gasteiger partial charge in [-0.05, 0) is 34.1 Å². The van der Waals surface area contributed by atoms with Crippen molar-refractivity contribution >= 4 is 37.5 Å². The zero-order chi connectivity index (χ0) is 15.6. The van der Waals surface area contributed by atoms with Crippen molar-refractivity contribution in [2.45, 2.75) is 4.90 Å². The summed E-state index contributed by atoms with van der Waals surface area (Å²) in [5.74, 6) is -1.70. The Morgan fingerprint density at radius 1 is 1.24 bits per heavy atom. The summed E-state index contributed by atoms with van der Waals surface area (Å²) in [6.45, 7) is 0. The molecule has 0 amide bonds. The molecule has 0 radical (unpaired) electrons. The highest BCUT2D eigenvalue weighted by molar-refractivity contribution is 9.10. The molecular weight excluding hydrogens is 368 g/mol. The quantitative estimate of drug-likeness (QED) is 0.858. The van der Waals surface area contributed by atoms with Crippen LogP contribution in [-0.2, 0) is 10.0 Å². The molecule has 0 saturated heterocycles. The first-order chi connectivity index (χ1) is 9.83. The average Bonchev–Trinajstić information content (AvgIpc) is 2.42. The minimum Gasteiger partial charge on any atom is -0.372 e. The standard InChI is InChI=1S/C12H10BrF2N3O2S/c1-16-12-11(4-7(13)6-17-12)21(19,20)18-10-3-2-8(14)5-9(10)15/h2-6,18H,1H3,(H,16,17). The first kappa shape index (κ1) is 15.6. The number of hydrogen-bond donors (Lipinski definition) is 2. The summed E-state index contributed by atoms with van der Waals surface area (Å²) in [6, 6.07) is 3.88. The second-order valence-corrected chi connectivity index (χ2v) is 6.55. The van der Waals surface area contributed by atoms with Crippen LogP contribution in [0, 0.1) is 11.6 Å². The van der Waals surface area contributed by atoms with Gasteiger partial charge < -0.3 is 5.32 Å². The molecule has 9 heteroatoms. The molecule has 2 rings (SSSR count). The number of anilines is 2. The molecule has 2 aromatic rings. The lowest BCUT2D eigenvalue weighted by Gasteiger charge is -2.12. The van der Waals surface area contributed by atoms with Crippen LogP contribution in [0.25, 0.3) is 0 Å².